The van der Waals surface area contributed by atoms with E-state index in [0.29, 0.717) is 58.4 Å². The third-order valence-electron chi connectivity index (χ3n) is 6.93. The Morgan fingerprint density at radius 3 is 2.68 bits per heavy atom. The fraction of sp³-hybridized carbons (Fsp3) is 0.250. The highest BCUT2D eigenvalue weighted by Crippen LogP contribution is 2.26. The summed E-state index contributed by atoms with van der Waals surface area (Å²) in [6.45, 7) is 2.97. The molecular weight excluding hydrogens is 567 g/mol. The molecule has 3 heterocycles. The third-order valence-corrected chi connectivity index (χ3v) is 6.93. The first-order valence-corrected chi connectivity index (χ1v) is 13.8. The summed E-state index contributed by atoms with van der Waals surface area (Å²) in [5.41, 5.74) is 3.75. The van der Waals surface area contributed by atoms with Gasteiger partial charge in [-0.2, -0.15) is 5.26 Å². The number of aryl methyl sites for hydroxylation is 1. The van der Waals surface area contributed by atoms with Crippen molar-refractivity contribution in [1.82, 2.24) is 15.0 Å². The Balaban J connectivity index is 1.24. The van der Waals surface area contributed by atoms with Gasteiger partial charge in [0.15, 0.2) is 0 Å². The number of carbonyl (C=O) groups is 2. The van der Waals surface area contributed by atoms with Crippen LogP contribution in [0.5, 0.6) is 5.88 Å². The highest BCUT2D eigenvalue weighted by molar-refractivity contribution is 5.97. The second-order valence-electron chi connectivity index (χ2n) is 9.99. The number of ether oxygens (including phenoxy) is 3. The van der Waals surface area contributed by atoms with Gasteiger partial charge in [0, 0.05) is 36.5 Å². The lowest BCUT2D eigenvalue weighted by atomic mass is 10.1. The van der Waals surface area contributed by atoms with Crippen LogP contribution in [0.1, 0.15) is 39.4 Å². The number of rotatable bonds is 11. The molecule has 12 heteroatoms. The molecule has 1 saturated heterocycles. The predicted molar refractivity (Wildman–Crippen MR) is 158 cm³/mol. The second kappa shape index (κ2) is 13.7. The van der Waals surface area contributed by atoms with E-state index in [1.54, 1.807) is 49.5 Å². The van der Waals surface area contributed by atoms with Gasteiger partial charge in [0.2, 0.25) is 11.8 Å². The number of hydrogen-bond donors (Lipinski definition) is 2. The Labute approximate surface area is 253 Å². The van der Waals surface area contributed by atoms with E-state index in [1.807, 2.05) is 6.07 Å². The van der Waals surface area contributed by atoms with Crippen molar-refractivity contribution in [1.29, 1.82) is 5.26 Å². The van der Waals surface area contributed by atoms with Crippen LogP contribution in [0.2, 0.25) is 0 Å². The molecule has 224 valence electrons. The highest BCUT2D eigenvalue weighted by Gasteiger charge is 2.20. The number of nitrogens with zero attached hydrogens (tertiary/aromatic N) is 4. The number of carbonyl (C=O) groups excluding carboxylic acids is 2. The minimum absolute atomic E-state index is 0.0610. The molecule has 1 fully saturated rings. The quantitative estimate of drug-likeness (QED) is 0.235. The molecule has 2 aromatic carbocycles. The van der Waals surface area contributed by atoms with Crippen LogP contribution in [0.3, 0.4) is 0 Å². The van der Waals surface area contributed by atoms with Crippen molar-refractivity contribution in [3.8, 4) is 23.2 Å². The molecule has 2 aromatic heterocycles. The zero-order valence-corrected chi connectivity index (χ0v) is 24.1. The van der Waals surface area contributed by atoms with E-state index < -0.39 is 11.8 Å². The van der Waals surface area contributed by atoms with Gasteiger partial charge in [0.25, 0.3) is 0 Å². The van der Waals surface area contributed by atoms with E-state index in [0.717, 1.165) is 12.5 Å². The molecule has 4 aromatic rings. The van der Waals surface area contributed by atoms with E-state index in [4.69, 9.17) is 19.5 Å². The lowest BCUT2D eigenvalue weighted by molar-refractivity contribution is -0.115. The van der Waals surface area contributed by atoms with Crippen LogP contribution in [0.15, 0.2) is 60.8 Å². The summed E-state index contributed by atoms with van der Waals surface area (Å²) in [6, 6.07) is 16.1. The fourth-order valence-electron chi connectivity index (χ4n) is 4.43. The SMILES string of the molecule is COC(=O)c1ccc(NC(=O)Cc2ncc(-c3cccc(OCc4ccc(C#N)cc4F)n3)c(C)n2)c(NC[C@@H]2CCO2)c1. The van der Waals surface area contributed by atoms with Crippen LogP contribution < -0.4 is 15.4 Å². The third kappa shape index (κ3) is 7.32. The molecule has 1 aliphatic rings. The topological polar surface area (TPSA) is 148 Å². The van der Waals surface area contributed by atoms with Crippen molar-refractivity contribution in [2.24, 2.45) is 0 Å². The Kier molecular flexibility index (Phi) is 9.37. The summed E-state index contributed by atoms with van der Waals surface area (Å²) >= 11 is 0. The van der Waals surface area contributed by atoms with Gasteiger partial charge in [-0.3, -0.25) is 4.79 Å². The number of nitrogens with one attached hydrogen (secondary N) is 2. The van der Waals surface area contributed by atoms with Crippen molar-refractivity contribution in [3.05, 3.63) is 94.8 Å². The van der Waals surface area contributed by atoms with Crippen LogP contribution in [-0.4, -0.2) is 53.2 Å². The van der Waals surface area contributed by atoms with Gasteiger partial charge in [-0.15, -0.1) is 0 Å². The number of aromatic nitrogens is 3. The summed E-state index contributed by atoms with van der Waals surface area (Å²) < 4.78 is 30.2. The molecule has 0 saturated carbocycles. The summed E-state index contributed by atoms with van der Waals surface area (Å²) in [5, 5.41) is 15.0. The van der Waals surface area contributed by atoms with E-state index in [1.165, 1.54) is 19.2 Å². The Bertz CT molecular complexity index is 1740. The molecule has 0 bridgehead atoms. The second-order valence-corrected chi connectivity index (χ2v) is 9.99. The van der Waals surface area contributed by atoms with Crippen LogP contribution in [0.25, 0.3) is 11.3 Å². The van der Waals surface area contributed by atoms with Crippen molar-refractivity contribution in [3.63, 3.8) is 0 Å². The maximum absolute atomic E-state index is 14.2. The molecule has 44 heavy (non-hydrogen) atoms. The van der Waals surface area contributed by atoms with Crippen LogP contribution in [0.4, 0.5) is 15.8 Å². The largest absolute Gasteiger partial charge is 0.473 e. The van der Waals surface area contributed by atoms with Crippen molar-refractivity contribution < 1.29 is 28.2 Å². The van der Waals surface area contributed by atoms with Gasteiger partial charge in [-0.05, 0) is 49.7 Å². The number of benzene rings is 2. The number of methoxy groups -OCH3 is 1. The normalized spacial score (nSPS) is 13.7. The monoisotopic (exact) mass is 596 g/mol. The maximum atomic E-state index is 14.2. The molecule has 0 aliphatic carbocycles. The van der Waals surface area contributed by atoms with Gasteiger partial charge in [-0.1, -0.05) is 12.1 Å². The average molecular weight is 597 g/mol. The Morgan fingerprint density at radius 1 is 1.14 bits per heavy atom. The molecule has 1 atom stereocenters. The number of amides is 1. The maximum Gasteiger partial charge on any atom is 0.337 e. The van der Waals surface area contributed by atoms with Crippen LogP contribution >= 0.6 is 0 Å². The van der Waals surface area contributed by atoms with Crippen molar-refractivity contribution >= 4 is 23.3 Å². The van der Waals surface area contributed by atoms with Gasteiger partial charge in [0.05, 0.1) is 59.6 Å². The molecular formula is C32H29FN6O5. The molecule has 2 N–H and O–H groups in total. The average Bonchev–Trinajstić information content (AvgIpc) is 3.00. The van der Waals surface area contributed by atoms with Crippen LogP contribution in [0, 0.1) is 24.1 Å². The number of anilines is 2. The zero-order valence-electron chi connectivity index (χ0n) is 24.1. The van der Waals surface area contributed by atoms with E-state index >= 15 is 0 Å². The lowest BCUT2D eigenvalue weighted by Gasteiger charge is -2.27. The fourth-order valence-corrected chi connectivity index (χ4v) is 4.43. The first kappa shape index (κ1) is 30.1. The molecule has 0 spiro atoms. The van der Waals surface area contributed by atoms with E-state index in [-0.39, 0.29) is 36.5 Å². The van der Waals surface area contributed by atoms with Gasteiger partial charge in [0.1, 0.15) is 18.2 Å². The van der Waals surface area contributed by atoms with Crippen molar-refractivity contribution in [2.45, 2.75) is 32.5 Å². The molecule has 11 nitrogen and oxygen atoms in total. The number of nitriles is 1. The van der Waals surface area contributed by atoms with Crippen LogP contribution in [-0.2, 0) is 27.3 Å². The van der Waals surface area contributed by atoms with Gasteiger partial charge < -0.3 is 24.8 Å². The standard InChI is InChI=1S/C32H29FN6O5/c1-19-24(26-4-3-5-31(39-26)44-18-22-7-6-20(15-34)12-25(22)33)17-36-29(37-19)14-30(40)38-27-9-8-21(32(41)42-2)13-28(27)35-16-23-10-11-43-23/h3-9,12-13,17,23,35H,10-11,14,16,18H2,1-2H3,(H,38,40)/t23-/m0/s1. The summed E-state index contributed by atoms with van der Waals surface area (Å²) in [4.78, 5) is 38.4. The van der Waals surface area contributed by atoms with Gasteiger partial charge >= 0.3 is 5.97 Å². The smallest absolute Gasteiger partial charge is 0.337 e. The number of hydrogen-bond acceptors (Lipinski definition) is 10. The molecule has 0 radical (unpaired) electrons. The first-order chi connectivity index (χ1) is 21.3. The number of pyridine rings is 1. The Hall–Kier alpha value is -5.41. The number of esters is 1. The summed E-state index contributed by atoms with van der Waals surface area (Å²) in [5.74, 6) is -0.759. The van der Waals surface area contributed by atoms with E-state index in [9.17, 15) is 14.0 Å². The summed E-state index contributed by atoms with van der Waals surface area (Å²) in [7, 11) is 1.31. The molecule has 0 unspecified atom stereocenters. The first-order valence-electron chi connectivity index (χ1n) is 13.8. The predicted octanol–water partition coefficient (Wildman–Crippen LogP) is 4.61. The van der Waals surface area contributed by atoms with Crippen molar-refractivity contribution in [2.75, 3.05) is 30.9 Å². The minimum atomic E-state index is -0.530. The number of halogens is 1. The molecule has 5 rings (SSSR count). The molecule has 1 aliphatic heterocycles. The molecule has 1 amide bonds. The lowest BCUT2D eigenvalue weighted by Crippen LogP contribution is -2.33. The van der Waals surface area contributed by atoms with Gasteiger partial charge in [-0.25, -0.2) is 24.1 Å². The minimum Gasteiger partial charge on any atom is -0.473 e. The zero-order chi connectivity index (χ0) is 31.1. The summed E-state index contributed by atoms with van der Waals surface area (Å²) in [6.07, 6.45) is 2.51. The Morgan fingerprint density at radius 2 is 1.98 bits per heavy atom. The van der Waals surface area contributed by atoms with E-state index in [2.05, 4.69) is 25.6 Å². The highest BCUT2D eigenvalue weighted by atomic mass is 19.1.